The molecule has 5 rings (SSSR count). The van der Waals surface area contributed by atoms with Crippen LogP contribution in [0.3, 0.4) is 0 Å². The zero-order valence-electron chi connectivity index (χ0n) is 17.4. The van der Waals surface area contributed by atoms with Gasteiger partial charge in [-0.1, -0.05) is 86.3 Å². The SMILES string of the molecule is CC(C)(C)c1ccc([C@H]2c3sc(=O)[nH]c3SC3C(=O)N(c4ccccc4)C(=O)C32)cc1. The number of para-hydroxylation sites is 1. The fourth-order valence-corrected chi connectivity index (χ4v) is 6.91. The molecule has 1 N–H and O–H groups in total. The second-order valence-corrected chi connectivity index (χ2v) is 11.1. The van der Waals surface area contributed by atoms with Crippen LogP contribution < -0.4 is 9.77 Å². The smallest absolute Gasteiger partial charge is 0.305 e. The molecule has 7 heteroatoms. The van der Waals surface area contributed by atoms with Crippen molar-refractivity contribution in [2.45, 2.75) is 42.4 Å². The maximum atomic E-state index is 13.6. The van der Waals surface area contributed by atoms with Gasteiger partial charge in [-0.3, -0.25) is 14.4 Å². The van der Waals surface area contributed by atoms with Gasteiger partial charge in [0.05, 0.1) is 16.6 Å². The Hall–Kier alpha value is -2.64. The summed E-state index contributed by atoms with van der Waals surface area (Å²) >= 11 is 2.45. The number of benzene rings is 2. The van der Waals surface area contributed by atoms with E-state index in [9.17, 15) is 14.4 Å². The number of aromatic nitrogens is 1. The first-order valence-corrected chi connectivity index (χ1v) is 11.9. The van der Waals surface area contributed by atoms with E-state index in [1.807, 2.05) is 30.3 Å². The highest BCUT2D eigenvalue weighted by Gasteiger charge is 2.56. The molecule has 1 saturated heterocycles. The summed E-state index contributed by atoms with van der Waals surface area (Å²) in [5, 5.41) is 0.148. The second-order valence-electron chi connectivity index (χ2n) is 8.97. The van der Waals surface area contributed by atoms with Gasteiger partial charge in [0.25, 0.3) is 0 Å². The molecule has 0 spiro atoms. The molecule has 158 valence electrons. The van der Waals surface area contributed by atoms with Gasteiger partial charge in [-0.15, -0.1) is 0 Å². The Balaban J connectivity index is 1.63. The molecule has 1 fully saturated rings. The Morgan fingerprint density at radius 3 is 2.23 bits per heavy atom. The highest BCUT2D eigenvalue weighted by atomic mass is 32.2. The van der Waals surface area contributed by atoms with Crippen LogP contribution in [0.25, 0.3) is 0 Å². The van der Waals surface area contributed by atoms with Crippen LogP contribution in [-0.2, 0) is 15.0 Å². The lowest BCUT2D eigenvalue weighted by Gasteiger charge is -2.30. The van der Waals surface area contributed by atoms with Crippen molar-refractivity contribution in [1.29, 1.82) is 0 Å². The summed E-state index contributed by atoms with van der Waals surface area (Å²) in [5.74, 6) is -1.30. The predicted molar refractivity (Wildman–Crippen MR) is 124 cm³/mol. The molecule has 3 heterocycles. The number of aromatic amines is 1. The van der Waals surface area contributed by atoms with E-state index < -0.39 is 11.2 Å². The standard InChI is InChI=1S/C24H22N2O3S2/c1-24(2,3)14-11-9-13(10-12-14)16-17-19(30-20-18(16)31-23(29)25-20)22(28)26(21(17)27)15-7-5-4-6-8-15/h4-12,16-17,19H,1-3H3,(H,25,29)/t16-,17?,19?/m1/s1. The van der Waals surface area contributed by atoms with Crippen molar-refractivity contribution in [3.8, 4) is 0 Å². The minimum atomic E-state index is -0.558. The van der Waals surface area contributed by atoms with Gasteiger partial charge in [0.15, 0.2) is 0 Å². The number of anilines is 1. The van der Waals surface area contributed by atoms with E-state index >= 15 is 0 Å². The first-order chi connectivity index (χ1) is 14.8. The molecule has 2 aromatic carbocycles. The quantitative estimate of drug-likeness (QED) is 0.583. The summed E-state index contributed by atoms with van der Waals surface area (Å²) in [7, 11) is 0. The largest absolute Gasteiger partial charge is 0.307 e. The molecule has 2 amide bonds. The van der Waals surface area contributed by atoms with Gasteiger partial charge in [-0.2, -0.15) is 0 Å². The van der Waals surface area contributed by atoms with Crippen LogP contribution in [0.2, 0.25) is 0 Å². The Morgan fingerprint density at radius 2 is 1.58 bits per heavy atom. The van der Waals surface area contributed by atoms with Crippen molar-refractivity contribution in [1.82, 2.24) is 4.98 Å². The average Bonchev–Trinajstić information content (AvgIpc) is 3.23. The van der Waals surface area contributed by atoms with Crippen molar-refractivity contribution in [2.75, 3.05) is 4.90 Å². The Kier molecular flexibility index (Phi) is 4.71. The highest BCUT2D eigenvalue weighted by Crippen LogP contribution is 2.53. The number of hydrogen-bond donors (Lipinski definition) is 1. The van der Waals surface area contributed by atoms with Crippen LogP contribution >= 0.6 is 23.1 Å². The molecular weight excluding hydrogens is 428 g/mol. The number of hydrogen-bond acceptors (Lipinski definition) is 5. The number of fused-ring (bicyclic) bond motifs is 2. The lowest BCUT2D eigenvalue weighted by atomic mass is 9.81. The summed E-state index contributed by atoms with van der Waals surface area (Å²) in [6.45, 7) is 6.46. The van der Waals surface area contributed by atoms with E-state index in [1.54, 1.807) is 12.1 Å². The van der Waals surface area contributed by atoms with Crippen molar-refractivity contribution in [3.05, 3.63) is 80.3 Å². The van der Waals surface area contributed by atoms with E-state index in [0.717, 1.165) is 21.8 Å². The lowest BCUT2D eigenvalue weighted by molar-refractivity contribution is -0.122. The summed E-state index contributed by atoms with van der Waals surface area (Å²) in [4.78, 5) is 43.9. The molecule has 0 saturated carbocycles. The van der Waals surface area contributed by atoms with Crippen molar-refractivity contribution >= 4 is 40.6 Å². The van der Waals surface area contributed by atoms with E-state index in [2.05, 4.69) is 37.9 Å². The molecule has 1 aromatic heterocycles. The molecule has 2 aliphatic rings. The summed E-state index contributed by atoms with van der Waals surface area (Å²) < 4.78 is 0. The maximum absolute atomic E-state index is 13.6. The zero-order chi connectivity index (χ0) is 21.9. The summed E-state index contributed by atoms with van der Waals surface area (Å²) in [5.41, 5.74) is 2.75. The normalized spacial score (nSPS) is 23.1. The fourth-order valence-electron chi connectivity index (χ4n) is 4.40. The molecule has 31 heavy (non-hydrogen) atoms. The minimum Gasteiger partial charge on any atom is -0.307 e. The number of H-pyrrole nitrogens is 1. The second kappa shape index (κ2) is 7.21. The number of imide groups is 1. The third kappa shape index (κ3) is 3.27. The van der Waals surface area contributed by atoms with Gasteiger partial charge in [-0.05, 0) is 28.7 Å². The van der Waals surface area contributed by atoms with Gasteiger partial charge in [-0.25, -0.2) is 4.90 Å². The first-order valence-electron chi connectivity index (χ1n) is 10.2. The number of nitrogens with one attached hydrogen (secondary N) is 1. The van der Waals surface area contributed by atoms with E-state index in [1.165, 1.54) is 22.2 Å². The molecule has 0 radical (unpaired) electrons. The average molecular weight is 451 g/mol. The Morgan fingerprint density at radius 1 is 0.903 bits per heavy atom. The van der Waals surface area contributed by atoms with Crippen LogP contribution in [0.5, 0.6) is 0 Å². The van der Waals surface area contributed by atoms with Gasteiger partial charge < -0.3 is 4.98 Å². The predicted octanol–water partition coefficient (Wildman–Crippen LogP) is 4.53. The number of thioether (sulfide) groups is 1. The third-order valence-electron chi connectivity index (χ3n) is 5.97. The molecule has 2 aliphatic heterocycles. The van der Waals surface area contributed by atoms with E-state index in [0.29, 0.717) is 10.7 Å². The molecule has 0 bridgehead atoms. The number of amides is 2. The van der Waals surface area contributed by atoms with Crippen molar-refractivity contribution < 1.29 is 9.59 Å². The van der Waals surface area contributed by atoms with E-state index in [4.69, 9.17) is 0 Å². The summed E-state index contributed by atoms with van der Waals surface area (Å²) in [6, 6.07) is 17.3. The third-order valence-corrected chi connectivity index (χ3v) is 8.38. The molecule has 5 nitrogen and oxygen atoms in total. The van der Waals surface area contributed by atoms with Crippen LogP contribution in [-0.4, -0.2) is 22.0 Å². The van der Waals surface area contributed by atoms with Gasteiger partial charge >= 0.3 is 4.87 Å². The van der Waals surface area contributed by atoms with Crippen LogP contribution in [0, 0.1) is 5.92 Å². The molecule has 3 aromatic rings. The van der Waals surface area contributed by atoms with Crippen molar-refractivity contribution in [3.63, 3.8) is 0 Å². The summed E-state index contributed by atoms with van der Waals surface area (Å²) in [6.07, 6.45) is 0. The van der Waals surface area contributed by atoms with Crippen LogP contribution in [0.1, 0.15) is 42.7 Å². The zero-order valence-corrected chi connectivity index (χ0v) is 19.0. The van der Waals surface area contributed by atoms with E-state index in [-0.39, 0.29) is 28.0 Å². The number of carbonyl (C=O) groups excluding carboxylic acids is 2. The molecular formula is C24H22N2O3S2. The molecule has 3 atom stereocenters. The van der Waals surface area contributed by atoms with Gasteiger partial charge in [0, 0.05) is 10.8 Å². The molecule has 2 unspecified atom stereocenters. The number of rotatable bonds is 2. The number of nitrogens with zero attached hydrogens (tertiary/aromatic N) is 1. The van der Waals surface area contributed by atoms with Crippen LogP contribution in [0.4, 0.5) is 5.69 Å². The fraction of sp³-hybridized carbons (Fsp3) is 0.292. The first kappa shape index (κ1) is 20.3. The highest BCUT2D eigenvalue weighted by molar-refractivity contribution is 8.00. The minimum absolute atomic E-state index is 0.0107. The Bertz CT molecular complexity index is 1220. The Labute approximate surface area is 188 Å². The number of carbonyl (C=O) groups is 2. The topological polar surface area (TPSA) is 70.2 Å². The van der Waals surface area contributed by atoms with Gasteiger partial charge in [0.2, 0.25) is 11.8 Å². The van der Waals surface area contributed by atoms with Crippen molar-refractivity contribution in [2.24, 2.45) is 5.92 Å². The number of thiazole rings is 1. The van der Waals surface area contributed by atoms with Crippen LogP contribution in [0.15, 0.2) is 64.4 Å². The van der Waals surface area contributed by atoms with Gasteiger partial charge in [0.1, 0.15) is 5.25 Å². The molecule has 0 aliphatic carbocycles. The lowest BCUT2D eigenvalue weighted by Crippen LogP contribution is -2.32. The monoisotopic (exact) mass is 450 g/mol. The maximum Gasteiger partial charge on any atom is 0.305 e.